The van der Waals surface area contributed by atoms with Gasteiger partial charge in [0.1, 0.15) is 18.0 Å². The zero-order valence-electron chi connectivity index (χ0n) is 20.0. The molecule has 3 fully saturated rings. The minimum atomic E-state index is -4.81. The van der Waals surface area contributed by atoms with Crippen molar-refractivity contribution < 1.29 is 45.7 Å². The average Bonchev–Trinajstić information content (AvgIpc) is 3.30. The van der Waals surface area contributed by atoms with Gasteiger partial charge >= 0.3 is 6.18 Å². The van der Waals surface area contributed by atoms with Crippen molar-refractivity contribution in [3.63, 3.8) is 0 Å². The number of rotatable bonds is 10. The summed E-state index contributed by atoms with van der Waals surface area (Å²) in [4.78, 5) is 4.13. The van der Waals surface area contributed by atoms with Crippen molar-refractivity contribution in [2.45, 2.75) is 61.6 Å². The fourth-order valence-corrected chi connectivity index (χ4v) is 5.72. The predicted molar refractivity (Wildman–Crippen MR) is 117 cm³/mol. The molecule has 0 aliphatic heterocycles. The number of aliphatic hydroxyl groups is 2. The van der Waals surface area contributed by atoms with Crippen LogP contribution in [0.3, 0.4) is 0 Å². The van der Waals surface area contributed by atoms with Crippen molar-refractivity contribution in [2.75, 3.05) is 6.61 Å². The summed E-state index contributed by atoms with van der Waals surface area (Å²) in [5.74, 6) is -6.21. The lowest BCUT2D eigenvalue weighted by atomic mass is 9.30. The zero-order valence-corrected chi connectivity index (χ0v) is 20.0. The Bertz CT molecular complexity index is 1320. The van der Waals surface area contributed by atoms with Crippen LogP contribution in [0.25, 0.3) is 0 Å². The number of ether oxygens (including phenoxy) is 1. The highest BCUT2D eigenvalue weighted by atomic mass is 19.4. The summed E-state index contributed by atoms with van der Waals surface area (Å²) in [5.41, 5.74) is -5.35. The minimum Gasteiger partial charge on any atom is -0.382 e. The van der Waals surface area contributed by atoms with Crippen LogP contribution in [-0.2, 0) is 28.9 Å². The van der Waals surface area contributed by atoms with Crippen LogP contribution in [0.5, 0.6) is 0 Å². The van der Waals surface area contributed by atoms with Gasteiger partial charge in [-0.15, -0.1) is 5.10 Å². The van der Waals surface area contributed by atoms with Gasteiger partial charge in [-0.25, -0.2) is 22.2 Å². The van der Waals surface area contributed by atoms with Gasteiger partial charge in [-0.3, -0.25) is 4.98 Å². The number of aliphatic hydroxyl groups excluding tert-OH is 1. The maximum absolute atomic E-state index is 16.2. The first-order valence-corrected chi connectivity index (χ1v) is 11.8. The van der Waals surface area contributed by atoms with Gasteiger partial charge in [0.2, 0.25) is 0 Å². The van der Waals surface area contributed by atoms with Crippen LogP contribution in [0, 0.1) is 17.0 Å². The molecule has 0 saturated heterocycles. The molecule has 2 aromatic heterocycles. The summed E-state index contributed by atoms with van der Waals surface area (Å²) in [6.07, 6.45) is -5.17. The molecule has 3 aliphatic rings. The Morgan fingerprint density at radius 2 is 1.77 bits per heavy atom. The van der Waals surface area contributed by atoms with Gasteiger partial charge in [-0.2, -0.15) is 13.2 Å². The van der Waals surface area contributed by atoms with Crippen LogP contribution < -0.4 is 0 Å². The van der Waals surface area contributed by atoms with Crippen LogP contribution in [0.2, 0.25) is 0 Å². The molecular weight excluding hydrogens is 539 g/mol. The Labute approximate surface area is 216 Å². The van der Waals surface area contributed by atoms with E-state index in [0.29, 0.717) is 11.6 Å². The summed E-state index contributed by atoms with van der Waals surface area (Å²) >= 11 is 0. The molecule has 0 amide bonds. The summed E-state index contributed by atoms with van der Waals surface area (Å²) < 4.78 is 103. The van der Waals surface area contributed by atoms with E-state index in [4.69, 9.17) is 9.84 Å². The summed E-state index contributed by atoms with van der Waals surface area (Å²) in [5, 5.41) is 30.6. The lowest BCUT2D eigenvalue weighted by Gasteiger charge is -2.74. The smallest absolute Gasteiger partial charge is 0.382 e. The van der Waals surface area contributed by atoms with E-state index in [9.17, 15) is 27.1 Å². The van der Waals surface area contributed by atoms with Gasteiger partial charge in [0.05, 0.1) is 25.5 Å². The van der Waals surface area contributed by atoms with E-state index in [1.807, 2.05) is 0 Å². The number of alkyl halides is 5. The SMILES string of the molecule is OC(COCc1ccc(C23CC(C(F)(F)[C@@](O)(Cn4cnnn4)c4ccc(F)cc4F)(C2)C3)cn1)C(F)(F)F. The van der Waals surface area contributed by atoms with Crippen molar-refractivity contribution in [2.24, 2.45) is 5.41 Å². The van der Waals surface area contributed by atoms with Gasteiger partial charge in [-0.05, 0) is 58.9 Å². The van der Waals surface area contributed by atoms with Crippen LogP contribution in [-0.4, -0.2) is 60.2 Å². The van der Waals surface area contributed by atoms with Crippen molar-refractivity contribution in [1.29, 1.82) is 0 Å². The van der Waals surface area contributed by atoms with E-state index in [1.165, 1.54) is 12.3 Å². The molecule has 0 radical (unpaired) electrons. The highest BCUT2D eigenvalue weighted by Crippen LogP contribution is 2.80. The number of aromatic nitrogens is 5. The molecule has 6 rings (SSSR count). The average molecular weight is 561 g/mol. The number of halogens is 7. The molecule has 39 heavy (non-hydrogen) atoms. The van der Waals surface area contributed by atoms with E-state index in [-0.39, 0.29) is 31.6 Å². The number of hydrogen-bond donors (Lipinski definition) is 2. The molecule has 8 nitrogen and oxygen atoms in total. The lowest BCUT2D eigenvalue weighted by Crippen LogP contribution is -2.76. The van der Waals surface area contributed by atoms with Crippen LogP contribution >= 0.6 is 0 Å². The Morgan fingerprint density at radius 3 is 2.33 bits per heavy atom. The molecule has 2 N–H and O–H groups in total. The standard InChI is InChI=1S/C24H22F7N5O3/c25-15-2-4-17(18(26)5-15)22(38,12-36-13-33-34-35-36)24(30,31)21-9-20(10-21,11-21)14-1-3-16(32-6-14)7-39-8-19(37)23(27,28)29/h1-6,13,19,37-38H,7-12H2/t19?,20?,21?,22-/m1/s1. The maximum atomic E-state index is 16.2. The highest BCUT2D eigenvalue weighted by Gasteiger charge is 2.82. The van der Waals surface area contributed by atoms with E-state index >= 15 is 8.78 Å². The topological polar surface area (TPSA) is 106 Å². The van der Waals surface area contributed by atoms with Crippen molar-refractivity contribution in [3.8, 4) is 0 Å². The second kappa shape index (κ2) is 9.20. The summed E-state index contributed by atoms with van der Waals surface area (Å²) in [6, 6.07) is 5.08. The molecule has 2 bridgehead atoms. The van der Waals surface area contributed by atoms with Crippen molar-refractivity contribution in [3.05, 3.63) is 71.3 Å². The lowest BCUT2D eigenvalue weighted by molar-refractivity contribution is -0.347. The Kier molecular flexibility index (Phi) is 6.46. The molecule has 2 heterocycles. The first kappa shape index (κ1) is 27.4. The monoisotopic (exact) mass is 561 g/mol. The van der Waals surface area contributed by atoms with Gasteiger partial charge in [-0.1, -0.05) is 6.07 Å². The molecule has 1 aromatic carbocycles. The van der Waals surface area contributed by atoms with Gasteiger partial charge < -0.3 is 14.9 Å². The quantitative estimate of drug-likeness (QED) is 0.366. The van der Waals surface area contributed by atoms with Crippen LogP contribution in [0.4, 0.5) is 30.7 Å². The van der Waals surface area contributed by atoms with E-state index < -0.39 is 65.0 Å². The number of pyridine rings is 1. The molecule has 210 valence electrons. The molecule has 3 aliphatic carbocycles. The van der Waals surface area contributed by atoms with Crippen molar-refractivity contribution >= 4 is 0 Å². The minimum absolute atomic E-state index is 0.0525. The summed E-state index contributed by atoms with van der Waals surface area (Å²) in [7, 11) is 0. The first-order valence-electron chi connectivity index (χ1n) is 11.8. The fraction of sp³-hybridized carbons (Fsp3) is 0.500. The third-order valence-corrected chi connectivity index (χ3v) is 7.72. The number of hydrogen-bond acceptors (Lipinski definition) is 7. The molecule has 0 spiro atoms. The first-order chi connectivity index (χ1) is 18.2. The number of tetrazole rings is 1. The van der Waals surface area contributed by atoms with Crippen LogP contribution in [0.1, 0.15) is 36.1 Å². The zero-order chi connectivity index (χ0) is 28.3. The van der Waals surface area contributed by atoms with Crippen molar-refractivity contribution in [1.82, 2.24) is 25.2 Å². The normalized spacial score (nSPS) is 24.9. The summed E-state index contributed by atoms with van der Waals surface area (Å²) in [6.45, 7) is -2.14. The third kappa shape index (κ3) is 4.45. The molecule has 2 atom stereocenters. The number of benzene rings is 1. The molecule has 1 unspecified atom stereocenters. The second-order valence-corrected chi connectivity index (χ2v) is 10.3. The van der Waals surface area contributed by atoms with Gasteiger partial charge in [0.15, 0.2) is 11.7 Å². The molecule has 15 heteroatoms. The van der Waals surface area contributed by atoms with E-state index in [0.717, 1.165) is 23.1 Å². The Balaban J connectivity index is 1.31. The van der Waals surface area contributed by atoms with E-state index in [1.54, 1.807) is 6.07 Å². The molecule has 3 saturated carbocycles. The largest absolute Gasteiger partial charge is 0.416 e. The Morgan fingerprint density at radius 1 is 1.05 bits per heavy atom. The van der Waals surface area contributed by atoms with E-state index in [2.05, 4.69) is 20.5 Å². The Hall–Kier alpha value is -3.17. The fourth-order valence-electron chi connectivity index (χ4n) is 5.72. The second-order valence-electron chi connectivity index (χ2n) is 10.3. The predicted octanol–water partition coefficient (Wildman–Crippen LogP) is 3.43. The van der Waals surface area contributed by atoms with Crippen LogP contribution in [0.15, 0.2) is 42.9 Å². The number of nitrogens with zero attached hydrogens (tertiary/aromatic N) is 5. The highest BCUT2D eigenvalue weighted by molar-refractivity contribution is 5.42. The van der Waals surface area contributed by atoms with Gasteiger partial charge in [0, 0.05) is 23.2 Å². The molecule has 3 aromatic rings. The maximum Gasteiger partial charge on any atom is 0.416 e. The third-order valence-electron chi connectivity index (χ3n) is 7.72. The molecular formula is C24H22F7N5O3. The van der Waals surface area contributed by atoms with Gasteiger partial charge in [0.25, 0.3) is 5.92 Å².